The Balaban J connectivity index is 2.85. The summed E-state index contributed by atoms with van der Waals surface area (Å²) in [4.78, 5) is 0. The van der Waals surface area contributed by atoms with Crippen LogP contribution in [-0.2, 0) is 0 Å². The second-order valence-corrected chi connectivity index (χ2v) is 0.744. The molecule has 30 valence electrons. The Kier molecular flexibility index (Phi) is 1.53. The zero-order valence-corrected chi connectivity index (χ0v) is 3.15. The van der Waals surface area contributed by atoms with E-state index in [-0.39, 0.29) is 5.96 Å². The summed E-state index contributed by atoms with van der Waals surface area (Å²) in [6, 6.07) is 0. The lowest BCUT2D eigenvalue weighted by atomic mass is 11.0. The molecule has 0 heterocycles. The molecule has 0 rings (SSSR count). The van der Waals surface area contributed by atoms with E-state index in [0.717, 1.165) is 0 Å². The molecule has 0 aliphatic heterocycles. The van der Waals surface area contributed by atoms with Gasteiger partial charge in [-0.25, -0.2) is 5.41 Å². The van der Waals surface area contributed by atoms with Crippen molar-refractivity contribution in [2.24, 2.45) is 5.73 Å². The van der Waals surface area contributed by atoms with Gasteiger partial charge < -0.3 is 5.73 Å². The maximum Gasteiger partial charge on any atom is 0.288 e. The fourth-order valence-corrected chi connectivity index (χ4v) is 0. The Bertz CT molecular complexity index is 40.2. The molecule has 0 amide bonds. The Morgan fingerprint density at radius 2 is 2.20 bits per heavy atom. The summed E-state index contributed by atoms with van der Waals surface area (Å²) < 4.78 is 0. The van der Waals surface area contributed by atoms with Crippen LogP contribution in [-0.4, -0.2) is 13.0 Å². The minimum atomic E-state index is 0.130. The van der Waals surface area contributed by atoms with Gasteiger partial charge in [-0.2, -0.15) is 0 Å². The highest BCUT2D eigenvalue weighted by Crippen LogP contribution is 1.11. The maximum absolute atomic E-state index is 6.47. The van der Waals surface area contributed by atoms with Crippen molar-refractivity contribution in [3.8, 4) is 0 Å². The van der Waals surface area contributed by atoms with Gasteiger partial charge in [0.25, 0.3) is 5.96 Å². The zero-order valence-electron chi connectivity index (χ0n) is 3.15. The van der Waals surface area contributed by atoms with E-state index in [1.807, 2.05) is 0 Å². The molecule has 0 atom stereocenters. The number of hydrogen-bond donors (Lipinski definition) is 3. The van der Waals surface area contributed by atoms with E-state index in [1.165, 1.54) is 5.32 Å². The fourth-order valence-electron chi connectivity index (χ4n) is 0. The van der Waals surface area contributed by atoms with Crippen LogP contribution in [0.2, 0.25) is 0 Å². The van der Waals surface area contributed by atoms with Crippen LogP contribution in [0.5, 0.6) is 0 Å². The molecular formula is C2H8N3+. The molecule has 3 heteroatoms. The van der Waals surface area contributed by atoms with Gasteiger partial charge in [0.1, 0.15) is 0 Å². The smallest absolute Gasteiger partial charge is 0.288 e. The van der Waals surface area contributed by atoms with Gasteiger partial charge in [0.05, 0.1) is 7.05 Å². The van der Waals surface area contributed by atoms with Gasteiger partial charge in [-0.15, -0.1) is 0 Å². The van der Waals surface area contributed by atoms with Crippen LogP contribution in [0.15, 0.2) is 0 Å². The first kappa shape index (κ1) is 4.43. The highest BCUT2D eigenvalue weighted by atomic mass is 15.0. The molecule has 0 fully saturated rings. The third-order valence-corrected chi connectivity index (χ3v) is 0.311. The molecule has 0 unspecified atom stereocenters. The van der Waals surface area contributed by atoms with Crippen LogP contribution in [0, 0.1) is 5.41 Å². The average Bonchev–Trinajstić information content (AvgIpc) is 1.38. The molecule has 0 saturated carbocycles. The Labute approximate surface area is 30.7 Å². The first-order valence-electron chi connectivity index (χ1n) is 1.40. The lowest BCUT2D eigenvalue weighted by molar-refractivity contribution is -0.509. The summed E-state index contributed by atoms with van der Waals surface area (Å²) in [6.07, 6.45) is 0. The monoisotopic (exact) mass is 74.1 g/mol. The minimum absolute atomic E-state index is 0.130. The molecule has 3 nitrogen and oxygen atoms in total. The van der Waals surface area contributed by atoms with Crippen LogP contribution in [0.25, 0.3) is 0 Å². The quantitative estimate of drug-likeness (QED) is 0.227. The largest absolute Gasteiger partial charge is 0.338 e. The van der Waals surface area contributed by atoms with Crippen LogP contribution < -0.4 is 11.1 Å². The van der Waals surface area contributed by atoms with Gasteiger partial charge in [0, 0.05) is 0 Å². The lowest BCUT2D eigenvalue weighted by Crippen LogP contribution is -2.86. The standard InChI is InChI=1S/C2H7N3/c1-5-2(3)4/h1H3,(H4,3,4,5)/p+1. The lowest BCUT2D eigenvalue weighted by Gasteiger charge is -1.78. The molecule has 0 aliphatic carbocycles. The van der Waals surface area contributed by atoms with E-state index in [4.69, 9.17) is 11.1 Å². The van der Waals surface area contributed by atoms with Crippen molar-refractivity contribution in [1.29, 1.82) is 5.41 Å². The summed E-state index contributed by atoms with van der Waals surface area (Å²) >= 11 is 0. The molecular weight excluding hydrogens is 66.0 g/mol. The number of hydrogen-bond acceptors (Lipinski definition) is 1. The second-order valence-electron chi connectivity index (χ2n) is 0.744. The van der Waals surface area contributed by atoms with Crippen LogP contribution >= 0.6 is 0 Å². The molecule has 0 saturated heterocycles. The third kappa shape index (κ3) is 3.43. The summed E-state index contributed by atoms with van der Waals surface area (Å²) in [5, 5.41) is 7.99. The molecule has 0 bridgehead atoms. The summed E-state index contributed by atoms with van der Waals surface area (Å²) in [7, 11) is 1.72. The average molecular weight is 74.1 g/mol. The molecule has 0 aromatic rings. The predicted octanol–water partition coefficient (Wildman–Crippen LogP) is -1.93. The van der Waals surface area contributed by atoms with E-state index in [0.29, 0.717) is 0 Å². The molecule has 0 aliphatic rings. The first-order valence-corrected chi connectivity index (χ1v) is 1.40. The molecule has 0 spiro atoms. The minimum Gasteiger partial charge on any atom is -0.338 e. The molecule has 0 aromatic carbocycles. The third-order valence-electron chi connectivity index (χ3n) is 0.311. The van der Waals surface area contributed by atoms with Crippen molar-refractivity contribution >= 4 is 5.96 Å². The van der Waals surface area contributed by atoms with Gasteiger partial charge in [0.15, 0.2) is 0 Å². The first-order chi connectivity index (χ1) is 2.27. The Hall–Kier alpha value is -0.570. The van der Waals surface area contributed by atoms with Crippen molar-refractivity contribution in [3.63, 3.8) is 0 Å². The molecule has 0 aromatic heterocycles. The van der Waals surface area contributed by atoms with Crippen molar-refractivity contribution in [2.45, 2.75) is 0 Å². The van der Waals surface area contributed by atoms with Crippen LogP contribution in [0.1, 0.15) is 0 Å². The number of rotatable bonds is 0. The highest BCUT2D eigenvalue weighted by molar-refractivity contribution is 5.62. The van der Waals surface area contributed by atoms with E-state index >= 15 is 0 Å². The zero-order chi connectivity index (χ0) is 4.28. The van der Waals surface area contributed by atoms with Gasteiger partial charge >= 0.3 is 0 Å². The highest BCUT2D eigenvalue weighted by Gasteiger charge is 1.73. The SMILES string of the molecule is C[NH2+]C(=N)N. The second kappa shape index (κ2) is 1.72. The van der Waals surface area contributed by atoms with Gasteiger partial charge in [-0.3, -0.25) is 5.32 Å². The van der Waals surface area contributed by atoms with Crippen molar-refractivity contribution < 1.29 is 5.32 Å². The number of guanidine groups is 1. The van der Waals surface area contributed by atoms with E-state index in [2.05, 4.69) is 0 Å². The fraction of sp³-hybridized carbons (Fsp3) is 0.500. The van der Waals surface area contributed by atoms with Gasteiger partial charge in [0.2, 0.25) is 0 Å². The Morgan fingerprint density at radius 1 is 2.00 bits per heavy atom. The number of quaternary nitrogens is 1. The van der Waals surface area contributed by atoms with Crippen molar-refractivity contribution in [2.75, 3.05) is 7.05 Å². The topological polar surface area (TPSA) is 66.5 Å². The normalized spacial score (nSPS) is 7.40. The summed E-state index contributed by atoms with van der Waals surface area (Å²) in [5.41, 5.74) is 4.82. The molecule has 5 heavy (non-hydrogen) atoms. The van der Waals surface area contributed by atoms with E-state index < -0.39 is 0 Å². The van der Waals surface area contributed by atoms with Crippen molar-refractivity contribution in [1.82, 2.24) is 0 Å². The van der Waals surface area contributed by atoms with E-state index in [1.54, 1.807) is 7.05 Å². The maximum atomic E-state index is 6.47. The molecule has 0 radical (unpaired) electrons. The van der Waals surface area contributed by atoms with Gasteiger partial charge in [-0.05, 0) is 0 Å². The van der Waals surface area contributed by atoms with Gasteiger partial charge in [-0.1, -0.05) is 0 Å². The summed E-state index contributed by atoms with van der Waals surface area (Å²) in [6.45, 7) is 0. The predicted molar refractivity (Wildman–Crippen MR) is 19.8 cm³/mol. The molecule has 5 N–H and O–H groups in total. The summed E-state index contributed by atoms with van der Waals surface area (Å²) in [5.74, 6) is 0.130. The number of nitrogens with two attached hydrogens (primary N) is 2. The van der Waals surface area contributed by atoms with E-state index in [9.17, 15) is 0 Å². The van der Waals surface area contributed by atoms with Crippen molar-refractivity contribution in [3.05, 3.63) is 0 Å². The van der Waals surface area contributed by atoms with Crippen LogP contribution in [0.4, 0.5) is 0 Å². The van der Waals surface area contributed by atoms with Crippen LogP contribution in [0.3, 0.4) is 0 Å². The number of nitrogens with one attached hydrogen (secondary N) is 1. The Morgan fingerprint density at radius 3 is 2.20 bits per heavy atom.